The summed E-state index contributed by atoms with van der Waals surface area (Å²) < 4.78 is 7.16. The topological polar surface area (TPSA) is 61.1 Å². The fraction of sp³-hybridized carbons (Fsp3) is 0.364. The second kappa shape index (κ2) is 8.12. The number of ether oxygens (including phenoxy) is 1. The number of piperazine rings is 1. The van der Waals surface area contributed by atoms with Crippen LogP contribution in [0.5, 0.6) is 11.5 Å². The van der Waals surface area contributed by atoms with Gasteiger partial charge in [-0.1, -0.05) is 12.1 Å². The van der Waals surface area contributed by atoms with E-state index in [1.807, 2.05) is 41.0 Å². The Labute approximate surface area is 165 Å². The van der Waals surface area contributed by atoms with Gasteiger partial charge in [-0.05, 0) is 36.4 Å². The molecular formula is C22H27N3O3. The number of rotatable bonds is 6. The third-order valence-electron chi connectivity index (χ3n) is 5.45. The van der Waals surface area contributed by atoms with Crippen molar-refractivity contribution in [3.63, 3.8) is 0 Å². The number of hydrogen-bond acceptors (Lipinski definition) is 5. The fourth-order valence-corrected chi connectivity index (χ4v) is 3.94. The van der Waals surface area contributed by atoms with Gasteiger partial charge in [0.15, 0.2) is 0 Å². The molecule has 0 aliphatic carbocycles. The molecule has 0 spiro atoms. The van der Waals surface area contributed by atoms with Crippen molar-refractivity contribution in [2.75, 3.05) is 44.7 Å². The van der Waals surface area contributed by atoms with Crippen molar-refractivity contribution in [1.29, 1.82) is 0 Å². The van der Waals surface area contributed by atoms with Gasteiger partial charge in [0.1, 0.15) is 11.5 Å². The highest BCUT2D eigenvalue weighted by Crippen LogP contribution is 2.27. The Bertz CT molecular complexity index is 914. The van der Waals surface area contributed by atoms with Crippen LogP contribution in [0.3, 0.4) is 0 Å². The highest BCUT2D eigenvalue weighted by molar-refractivity contribution is 5.86. The Morgan fingerprint density at radius 1 is 0.964 bits per heavy atom. The van der Waals surface area contributed by atoms with Gasteiger partial charge in [-0.3, -0.25) is 4.90 Å². The van der Waals surface area contributed by atoms with Crippen molar-refractivity contribution in [1.82, 2.24) is 9.47 Å². The Morgan fingerprint density at radius 3 is 2.39 bits per heavy atom. The van der Waals surface area contributed by atoms with Crippen LogP contribution in [-0.4, -0.2) is 65.6 Å². The maximum Gasteiger partial charge on any atom is 0.141 e. The molecule has 6 nitrogen and oxygen atoms in total. The third-order valence-corrected chi connectivity index (χ3v) is 5.45. The largest absolute Gasteiger partial charge is 0.506 e. The Morgan fingerprint density at radius 2 is 1.68 bits per heavy atom. The van der Waals surface area contributed by atoms with Crippen LogP contribution >= 0.6 is 0 Å². The molecule has 0 bridgehead atoms. The van der Waals surface area contributed by atoms with Crippen LogP contribution in [0.4, 0.5) is 5.69 Å². The van der Waals surface area contributed by atoms with Gasteiger partial charge in [0.05, 0.1) is 18.7 Å². The summed E-state index contributed by atoms with van der Waals surface area (Å²) in [6.45, 7) is 4.81. The zero-order chi connectivity index (χ0) is 19.5. The van der Waals surface area contributed by atoms with E-state index < -0.39 is 6.10 Å². The minimum Gasteiger partial charge on any atom is -0.506 e. The molecule has 3 aromatic rings. The minimum absolute atomic E-state index is 0.260. The fourth-order valence-electron chi connectivity index (χ4n) is 3.94. The zero-order valence-corrected chi connectivity index (χ0v) is 16.2. The lowest BCUT2D eigenvalue weighted by Gasteiger charge is -2.37. The maximum atomic E-state index is 10.6. The zero-order valence-electron chi connectivity index (χ0n) is 16.2. The van der Waals surface area contributed by atoms with Crippen LogP contribution < -0.4 is 9.64 Å². The van der Waals surface area contributed by atoms with Gasteiger partial charge in [0, 0.05) is 56.5 Å². The number of aliphatic hydroxyl groups excluding tert-OH is 1. The number of fused-ring (bicyclic) bond motifs is 1. The first-order valence-electron chi connectivity index (χ1n) is 9.70. The normalized spacial score (nSPS) is 16.4. The minimum atomic E-state index is -0.484. The van der Waals surface area contributed by atoms with Crippen molar-refractivity contribution in [2.45, 2.75) is 12.6 Å². The van der Waals surface area contributed by atoms with Crippen LogP contribution in [0.1, 0.15) is 0 Å². The molecule has 4 rings (SSSR count). The highest BCUT2D eigenvalue weighted by Gasteiger charge is 2.20. The molecule has 1 aromatic heterocycles. The molecule has 0 amide bonds. The number of aromatic hydroxyl groups is 1. The molecule has 0 radical (unpaired) electrons. The van der Waals surface area contributed by atoms with E-state index in [1.165, 1.54) is 5.69 Å². The molecule has 2 aromatic carbocycles. The highest BCUT2D eigenvalue weighted by atomic mass is 16.5. The van der Waals surface area contributed by atoms with Crippen LogP contribution in [0, 0.1) is 0 Å². The average Bonchev–Trinajstić information content (AvgIpc) is 3.04. The number of benzene rings is 2. The van der Waals surface area contributed by atoms with Gasteiger partial charge in [-0.2, -0.15) is 0 Å². The first kappa shape index (κ1) is 18.7. The van der Waals surface area contributed by atoms with E-state index in [0.717, 1.165) is 42.8 Å². The third kappa shape index (κ3) is 3.93. The smallest absolute Gasteiger partial charge is 0.141 e. The number of aliphatic hydroxyl groups is 1. The monoisotopic (exact) mass is 381 g/mol. The van der Waals surface area contributed by atoms with E-state index in [4.69, 9.17) is 4.74 Å². The first-order valence-corrected chi connectivity index (χ1v) is 9.70. The van der Waals surface area contributed by atoms with Gasteiger partial charge in [-0.25, -0.2) is 0 Å². The molecule has 2 heterocycles. The summed E-state index contributed by atoms with van der Waals surface area (Å²) in [4.78, 5) is 4.66. The summed E-state index contributed by atoms with van der Waals surface area (Å²) in [7, 11) is 1.68. The lowest BCUT2D eigenvalue weighted by Crippen LogP contribution is -2.49. The average molecular weight is 381 g/mol. The molecule has 1 saturated heterocycles. The van der Waals surface area contributed by atoms with Crippen LogP contribution in [0.2, 0.25) is 0 Å². The quantitative estimate of drug-likeness (QED) is 0.687. The molecule has 1 fully saturated rings. The van der Waals surface area contributed by atoms with E-state index in [9.17, 15) is 10.2 Å². The van der Waals surface area contributed by atoms with Crippen LogP contribution in [0.25, 0.3) is 10.9 Å². The Hall–Kier alpha value is -2.70. The summed E-state index contributed by atoms with van der Waals surface area (Å²) in [6.07, 6.45) is 1.22. The predicted molar refractivity (Wildman–Crippen MR) is 111 cm³/mol. The lowest BCUT2D eigenvalue weighted by molar-refractivity contribution is 0.0959. The van der Waals surface area contributed by atoms with E-state index >= 15 is 0 Å². The van der Waals surface area contributed by atoms with Gasteiger partial charge < -0.3 is 24.4 Å². The number of hydrogen-bond donors (Lipinski definition) is 2. The molecule has 6 heteroatoms. The molecule has 0 unspecified atom stereocenters. The summed E-state index contributed by atoms with van der Waals surface area (Å²) in [5, 5.41) is 21.5. The Kier molecular flexibility index (Phi) is 5.41. The molecular weight excluding hydrogens is 354 g/mol. The van der Waals surface area contributed by atoms with Gasteiger partial charge in [0.25, 0.3) is 0 Å². The number of nitrogens with zero attached hydrogens (tertiary/aromatic N) is 3. The summed E-state index contributed by atoms with van der Waals surface area (Å²) in [5.41, 5.74) is 2.15. The lowest BCUT2D eigenvalue weighted by atomic mass is 10.2. The van der Waals surface area contributed by atoms with Gasteiger partial charge in [0.2, 0.25) is 0 Å². The van der Waals surface area contributed by atoms with E-state index in [-0.39, 0.29) is 5.75 Å². The number of methoxy groups -OCH3 is 1. The van der Waals surface area contributed by atoms with Crippen molar-refractivity contribution in [3.8, 4) is 11.5 Å². The summed E-state index contributed by atoms with van der Waals surface area (Å²) in [5.74, 6) is 1.13. The second-order valence-electron chi connectivity index (χ2n) is 7.32. The van der Waals surface area contributed by atoms with Crippen LogP contribution in [0.15, 0.2) is 54.7 Å². The molecule has 1 aliphatic heterocycles. The molecule has 148 valence electrons. The number of anilines is 1. The van der Waals surface area contributed by atoms with E-state index in [2.05, 4.69) is 21.9 Å². The van der Waals surface area contributed by atoms with Crippen molar-refractivity contribution < 1.29 is 14.9 Å². The van der Waals surface area contributed by atoms with Gasteiger partial charge >= 0.3 is 0 Å². The SMILES string of the molecule is COc1ccc(N2CCN(C[C@@H](O)Cn3cc(O)c4ccccc43)CC2)cc1. The van der Waals surface area contributed by atoms with E-state index in [0.29, 0.717) is 13.1 Å². The van der Waals surface area contributed by atoms with Gasteiger partial charge in [-0.15, -0.1) is 0 Å². The van der Waals surface area contributed by atoms with Crippen molar-refractivity contribution in [2.24, 2.45) is 0 Å². The number of aromatic nitrogens is 1. The van der Waals surface area contributed by atoms with Crippen LogP contribution in [-0.2, 0) is 6.54 Å². The second-order valence-corrected chi connectivity index (χ2v) is 7.32. The first-order chi connectivity index (χ1) is 13.6. The molecule has 1 aliphatic rings. The Balaban J connectivity index is 1.31. The molecule has 2 N–H and O–H groups in total. The van der Waals surface area contributed by atoms with E-state index in [1.54, 1.807) is 13.3 Å². The summed E-state index contributed by atoms with van der Waals surface area (Å²) in [6, 6.07) is 15.9. The maximum absolute atomic E-state index is 10.6. The molecule has 0 saturated carbocycles. The van der Waals surface area contributed by atoms with Crippen molar-refractivity contribution in [3.05, 3.63) is 54.7 Å². The standard InChI is InChI=1S/C22H27N3O3/c1-28-19-8-6-17(7-9-19)24-12-10-23(11-13-24)14-18(26)15-25-16-22(27)20-4-2-3-5-21(20)25/h2-9,16,18,26-27H,10-15H2,1H3/t18-/m1/s1. The predicted octanol–water partition coefficient (Wildman–Crippen LogP) is 2.54. The molecule has 28 heavy (non-hydrogen) atoms. The molecule has 1 atom stereocenters. The summed E-state index contributed by atoms with van der Waals surface area (Å²) >= 11 is 0. The number of β-amino-alcohol motifs (C(OH)–C–C–N with tert-alkyl or cyclic N) is 1. The van der Waals surface area contributed by atoms with Crippen molar-refractivity contribution >= 4 is 16.6 Å². The number of para-hydroxylation sites is 1.